The topological polar surface area (TPSA) is 86.8 Å². The molecule has 11 heteroatoms. The highest BCUT2D eigenvalue weighted by Crippen LogP contribution is 2.22. The fraction of sp³-hybridized carbons (Fsp3) is 0.481. The molecule has 0 heterocycles. The third-order valence-corrected chi connectivity index (χ3v) is 8.17. The molecule has 0 aliphatic heterocycles. The van der Waals surface area contributed by atoms with Crippen LogP contribution in [0.25, 0.3) is 0 Å². The zero-order chi connectivity index (χ0) is 27.9. The first kappa shape index (κ1) is 29.8. The zero-order valence-electron chi connectivity index (χ0n) is 21.6. The number of amides is 2. The standard InChI is InChI=1S/C27H34ClF2N3O4S/c1-19(27(35)31-22-7-4-3-5-8-22)32(18-20-10-12-21(28)13-11-20)26(34)9-6-16-33(38(2,36)37)23-14-15-24(29)25(30)17-23/h10-15,17,19,22H,3-9,16,18H2,1-2H3,(H,31,35). The van der Waals surface area contributed by atoms with Gasteiger partial charge in [-0.3, -0.25) is 13.9 Å². The maximum absolute atomic E-state index is 13.7. The second kappa shape index (κ2) is 13.4. The lowest BCUT2D eigenvalue weighted by Crippen LogP contribution is -2.50. The number of carbonyl (C=O) groups excluding carboxylic acids is 2. The summed E-state index contributed by atoms with van der Waals surface area (Å²) in [6.07, 6.45) is 6.11. The summed E-state index contributed by atoms with van der Waals surface area (Å²) in [6, 6.07) is 9.15. The molecule has 0 spiro atoms. The summed E-state index contributed by atoms with van der Waals surface area (Å²) in [5.74, 6) is -2.82. The van der Waals surface area contributed by atoms with Crippen LogP contribution in [0.5, 0.6) is 0 Å². The minimum Gasteiger partial charge on any atom is -0.352 e. The Labute approximate surface area is 228 Å². The zero-order valence-corrected chi connectivity index (χ0v) is 23.2. The number of halogens is 3. The molecule has 0 bridgehead atoms. The number of sulfonamides is 1. The Hall–Kier alpha value is -2.72. The van der Waals surface area contributed by atoms with E-state index < -0.39 is 27.7 Å². The van der Waals surface area contributed by atoms with E-state index in [0.29, 0.717) is 5.02 Å². The molecule has 1 fully saturated rings. The molecule has 1 N–H and O–H groups in total. The number of nitrogens with zero attached hydrogens (tertiary/aromatic N) is 2. The Balaban J connectivity index is 1.72. The first-order chi connectivity index (χ1) is 18.0. The monoisotopic (exact) mass is 569 g/mol. The lowest BCUT2D eigenvalue weighted by molar-refractivity contribution is -0.141. The molecule has 38 heavy (non-hydrogen) atoms. The van der Waals surface area contributed by atoms with Crippen LogP contribution in [0, 0.1) is 11.6 Å². The summed E-state index contributed by atoms with van der Waals surface area (Å²) in [6.45, 7) is 1.73. The number of rotatable bonds is 11. The first-order valence-corrected chi connectivity index (χ1v) is 15.0. The van der Waals surface area contributed by atoms with Crippen molar-refractivity contribution in [2.24, 2.45) is 0 Å². The molecule has 1 saturated carbocycles. The number of hydrogen-bond donors (Lipinski definition) is 1. The maximum atomic E-state index is 13.7. The lowest BCUT2D eigenvalue weighted by Gasteiger charge is -2.31. The van der Waals surface area contributed by atoms with Crippen LogP contribution in [-0.4, -0.2) is 50.0 Å². The Kier molecular flexibility index (Phi) is 10.5. The molecule has 7 nitrogen and oxygen atoms in total. The largest absolute Gasteiger partial charge is 0.352 e. The van der Waals surface area contributed by atoms with Gasteiger partial charge in [-0.15, -0.1) is 0 Å². The second-order valence-corrected chi connectivity index (χ2v) is 12.0. The van der Waals surface area contributed by atoms with Gasteiger partial charge in [-0.05, 0) is 56.0 Å². The van der Waals surface area contributed by atoms with Gasteiger partial charge in [-0.1, -0.05) is 43.0 Å². The predicted molar refractivity (Wildman–Crippen MR) is 144 cm³/mol. The summed E-state index contributed by atoms with van der Waals surface area (Å²) in [5, 5.41) is 3.62. The minimum atomic E-state index is -3.82. The summed E-state index contributed by atoms with van der Waals surface area (Å²) in [4.78, 5) is 27.9. The molecule has 208 valence electrons. The quantitative estimate of drug-likeness (QED) is 0.411. The van der Waals surface area contributed by atoms with Gasteiger partial charge in [0.25, 0.3) is 0 Å². The molecule has 2 aromatic carbocycles. The molecule has 1 atom stereocenters. The molecule has 1 unspecified atom stereocenters. The Bertz CT molecular complexity index is 1220. The maximum Gasteiger partial charge on any atom is 0.242 e. The molecule has 1 aliphatic carbocycles. The smallest absolute Gasteiger partial charge is 0.242 e. The van der Waals surface area contributed by atoms with E-state index in [1.54, 1.807) is 31.2 Å². The fourth-order valence-corrected chi connectivity index (χ4v) is 5.67. The van der Waals surface area contributed by atoms with Gasteiger partial charge >= 0.3 is 0 Å². The second-order valence-electron chi connectivity index (χ2n) is 9.70. The summed E-state index contributed by atoms with van der Waals surface area (Å²) in [5.41, 5.74) is 0.761. The molecule has 1 aliphatic rings. The van der Waals surface area contributed by atoms with E-state index in [9.17, 15) is 26.8 Å². The van der Waals surface area contributed by atoms with E-state index in [1.807, 2.05) is 0 Å². The van der Waals surface area contributed by atoms with E-state index in [2.05, 4.69) is 5.32 Å². The van der Waals surface area contributed by atoms with Crippen LogP contribution in [0.4, 0.5) is 14.5 Å². The average Bonchev–Trinajstić information content (AvgIpc) is 2.87. The van der Waals surface area contributed by atoms with Crippen LogP contribution in [0.2, 0.25) is 5.02 Å². The highest BCUT2D eigenvalue weighted by molar-refractivity contribution is 7.92. The molecular weight excluding hydrogens is 536 g/mol. The number of carbonyl (C=O) groups is 2. The molecule has 0 saturated heterocycles. The van der Waals surface area contributed by atoms with E-state index in [-0.39, 0.29) is 49.5 Å². The molecule has 2 aromatic rings. The molecule has 0 aromatic heterocycles. The van der Waals surface area contributed by atoms with Gasteiger partial charge in [-0.2, -0.15) is 0 Å². The van der Waals surface area contributed by atoms with Gasteiger partial charge in [0.05, 0.1) is 11.9 Å². The van der Waals surface area contributed by atoms with Gasteiger partial charge < -0.3 is 10.2 Å². The normalized spacial score (nSPS) is 15.1. The van der Waals surface area contributed by atoms with Gasteiger partial charge in [0.1, 0.15) is 6.04 Å². The van der Waals surface area contributed by atoms with Crippen LogP contribution < -0.4 is 9.62 Å². The van der Waals surface area contributed by atoms with E-state index in [4.69, 9.17) is 11.6 Å². The van der Waals surface area contributed by atoms with Gasteiger partial charge in [0.15, 0.2) is 11.6 Å². The lowest BCUT2D eigenvalue weighted by atomic mass is 9.95. The average molecular weight is 570 g/mol. The Morgan fingerprint density at radius 2 is 1.71 bits per heavy atom. The minimum absolute atomic E-state index is 0.0305. The predicted octanol–water partition coefficient (Wildman–Crippen LogP) is 5.03. The third-order valence-electron chi connectivity index (χ3n) is 6.73. The molecular formula is C27H34ClF2N3O4S. The Morgan fingerprint density at radius 1 is 1.05 bits per heavy atom. The van der Waals surface area contributed by atoms with Crippen LogP contribution >= 0.6 is 11.6 Å². The highest BCUT2D eigenvalue weighted by atomic mass is 35.5. The van der Waals surface area contributed by atoms with Crippen molar-refractivity contribution in [2.75, 3.05) is 17.1 Å². The van der Waals surface area contributed by atoms with Crippen LogP contribution in [0.3, 0.4) is 0 Å². The number of benzene rings is 2. The van der Waals surface area contributed by atoms with Crippen molar-refractivity contribution in [3.63, 3.8) is 0 Å². The first-order valence-electron chi connectivity index (χ1n) is 12.7. The summed E-state index contributed by atoms with van der Waals surface area (Å²) < 4.78 is 52.7. The van der Waals surface area contributed by atoms with Crippen molar-refractivity contribution in [2.45, 2.75) is 70.5 Å². The van der Waals surface area contributed by atoms with Crippen molar-refractivity contribution in [1.29, 1.82) is 0 Å². The number of hydrogen-bond acceptors (Lipinski definition) is 4. The summed E-state index contributed by atoms with van der Waals surface area (Å²) in [7, 11) is -3.82. The van der Waals surface area contributed by atoms with Gasteiger partial charge in [0.2, 0.25) is 21.8 Å². The van der Waals surface area contributed by atoms with E-state index in [0.717, 1.165) is 60.4 Å². The molecule has 2 amide bonds. The highest BCUT2D eigenvalue weighted by Gasteiger charge is 2.28. The number of anilines is 1. The van der Waals surface area contributed by atoms with Gasteiger partial charge in [0, 0.05) is 36.6 Å². The SMILES string of the molecule is CC(C(=O)NC1CCCCC1)N(Cc1ccc(Cl)cc1)C(=O)CCCN(c1ccc(F)c(F)c1)S(C)(=O)=O. The van der Waals surface area contributed by atoms with Gasteiger partial charge in [-0.25, -0.2) is 17.2 Å². The van der Waals surface area contributed by atoms with Crippen LogP contribution in [0.15, 0.2) is 42.5 Å². The Morgan fingerprint density at radius 3 is 2.32 bits per heavy atom. The van der Waals surface area contributed by atoms with Crippen molar-refractivity contribution in [3.8, 4) is 0 Å². The van der Waals surface area contributed by atoms with E-state index >= 15 is 0 Å². The summed E-state index contributed by atoms with van der Waals surface area (Å²) >= 11 is 5.99. The van der Waals surface area contributed by atoms with E-state index in [1.165, 1.54) is 11.0 Å². The number of nitrogens with one attached hydrogen (secondary N) is 1. The van der Waals surface area contributed by atoms with Crippen molar-refractivity contribution >= 4 is 39.1 Å². The fourth-order valence-electron chi connectivity index (χ4n) is 4.58. The third kappa shape index (κ3) is 8.39. The molecule has 3 rings (SSSR count). The van der Waals surface area contributed by atoms with Crippen molar-refractivity contribution in [3.05, 3.63) is 64.7 Å². The van der Waals surface area contributed by atoms with Crippen LogP contribution in [0.1, 0.15) is 57.4 Å². The van der Waals surface area contributed by atoms with Crippen molar-refractivity contribution in [1.82, 2.24) is 10.2 Å². The molecule has 0 radical (unpaired) electrons. The van der Waals surface area contributed by atoms with Crippen LogP contribution in [-0.2, 0) is 26.2 Å². The van der Waals surface area contributed by atoms with Crippen molar-refractivity contribution < 1.29 is 26.8 Å².